The van der Waals surface area contributed by atoms with Crippen LogP contribution in [0.3, 0.4) is 0 Å². The molecule has 20 heavy (non-hydrogen) atoms. The van der Waals surface area contributed by atoms with Crippen LogP contribution in [0.5, 0.6) is 5.75 Å². The van der Waals surface area contributed by atoms with Crippen LogP contribution >= 0.6 is 0 Å². The van der Waals surface area contributed by atoms with Crippen LogP contribution in [-0.4, -0.2) is 12.6 Å². The van der Waals surface area contributed by atoms with Crippen LogP contribution in [0.25, 0.3) is 0 Å². The molecule has 0 heterocycles. The first-order valence-electron chi connectivity index (χ1n) is 8.03. The lowest BCUT2D eigenvalue weighted by Gasteiger charge is -2.29. The smallest absolute Gasteiger partial charge is 0.126 e. The summed E-state index contributed by atoms with van der Waals surface area (Å²) in [5, 5.41) is 0. The second kappa shape index (κ2) is 5.07. The van der Waals surface area contributed by atoms with Gasteiger partial charge in [-0.3, -0.25) is 0 Å². The van der Waals surface area contributed by atoms with Crippen molar-refractivity contribution in [1.29, 1.82) is 0 Å². The van der Waals surface area contributed by atoms with Crippen molar-refractivity contribution in [1.82, 2.24) is 0 Å². The number of nitrogens with two attached hydrogens (primary N) is 1. The van der Waals surface area contributed by atoms with E-state index in [1.165, 1.54) is 48.8 Å². The summed E-state index contributed by atoms with van der Waals surface area (Å²) in [6.45, 7) is 7.36. The van der Waals surface area contributed by atoms with Gasteiger partial charge in [0.1, 0.15) is 5.75 Å². The molecule has 1 atom stereocenters. The van der Waals surface area contributed by atoms with Gasteiger partial charge in [-0.25, -0.2) is 0 Å². The summed E-state index contributed by atoms with van der Waals surface area (Å²) >= 11 is 0. The number of rotatable bonds is 5. The van der Waals surface area contributed by atoms with Crippen LogP contribution in [0.15, 0.2) is 12.1 Å². The molecular formula is C18H27NO. The number of hydrogen-bond acceptors (Lipinski definition) is 2. The van der Waals surface area contributed by atoms with Crippen LogP contribution in [0.1, 0.15) is 55.7 Å². The summed E-state index contributed by atoms with van der Waals surface area (Å²) < 4.78 is 6.25. The molecule has 0 amide bonds. The maximum Gasteiger partial charge on any atom is 0.126 e. The van der Waals surface area contributed by atoms with Gasteiger partial charge in [-0.1, -0.05) is 24.1 Å². The molecule has 2 nitrogen and oxygen atoms in total. The number of ether oxygens (including phenoxy) is 1. The maximum absolute atomic E-state index is 6.27. The third kappa shape index (κ3) is 2.35. The minimum Gasteiger partial charge on any atom is -0.493 e. The van der Waals surface area contributed by atoms with E-state index in [-0.39, 0.29) is 11.5 Å². The van der Waals surface area contributed by atoms with E-state index < -0.39 is 0 Å². The van der Waals surface area contributed by atoms with E-state index >= 15 is 0 Å². The zero-order chi connectivity index (χ0) is 14.3. The van der Waals surface area contributed by atoms with Gasteiger partial charge < -0.3 is 10.5 Å². The largest absolute Gasteiger partial charge is 0.493 e. The molecule has 2 saturated carbocycles. The number of benzene rings is 1. The molecule has 0 aliphatic heterocycles. The zero-order valence-electron chi connectivity index (χ0n) is 13.0. The lowest BCUT2D eigenvalue weighted by Crippen LogP contribution is -2.32. The molecule has 0 radical (unpaired) electrons. The van der Waals surface area contributed by atoms with Crippen molar-refractivity contribution in [2.24, 2.45) is 11.7 Å². The standard InChI is InChI=1S/C18H27NO/c1-12-9-13(2)17(20-11-15-5-4-6-15)16(10-12)18(7-8-18)14(3)19/h9-10,14-15H,4-8,11,19H2,1-3H3. The minimum absolute atomic E-state index is 0.172. The molecule has 1 aromatic carbocycles. The molecule has 110 valence electrons. The molecule has 0 saturated heterocycles. The predicted octanol–water partition coefficient (Wildman–Crippen LogP) is 3.86. The molecule has 2 aliphatic rings. The number of hydrogen-bond donors (Lipinski definition) is 1. The van der Waals surface area contributed by atoms with Gasteiger partial charge in [-0.2, -0.15) is 0 Å². The highest BCUT2D eigenvalue weighted by Gasteiger charge is 2.49. The van der Waals surface area contributed by atoms with Gasteiger partial charge in [0.05, 0.1) is 6.61 Å². The molecule has 3 rings (SSSR count). The van der Waals surface area contributed by atoms with E-state index in [2.05, 4.69) is 32.9 Å². The van der Waals surface area contributed by atoms with E-state index in [0.717, 1.165) is 18.3 Å². The van der Waals surface area contributed by atoms with Crippen LogP contribution in [-0.2, 0) is 5.41 Å². The fourth-order valence-electron chi connectivity index (χ4n) is 3.48. The van der Waals surface area contributed by atoms with Crippen molar-refractivity contribution in [3.63, 3.8) is 0 Å². The van der Waals surface area contributed by atoms with E-state index in [0.29, 0.717) is 0 Å². The van der Waals surface area contributed by atoms with Crippen molar-refractivity contribution in [2.45, 2.75) is 64.3 Å². The molecule has 0 aromatic heterocycles. The second-order valence-electron chi connectivity index (χ2n) is 7.01. The quantitative estimate of drug-likeness (QED) is 0.884. The molecular weight excluding hydrogens is 246 g/mol. The first-order valence-corrected chi connectivity index (χ1v) is 8.03. The van der Waals surface area contributed by atoms with Gasteiger partial charge in [0.15, 0.2) is 0 Å². The molecule has 2 aliphatic carbocycles. The molecule has 0 bridgehead atoms. The van der Waals surface area contributed by atoms with Crippen molar-refractivity contribution in [2.75, 3.05) is 6.61 Å². The van der Waals surface area contributed by atoms with Gasteiger partial charge in [0.2, 0.25) is 0 Å². The Morgan fingerprint density at radius 1 is 1.30 bits per heavy atom. The average Bonchev–Trinajstić information content (AvgIpc) is 3.10. The van der Waals surface area contributed by atoms with E-state index in [1.54, 1.807) is 0 Å². The van der Waals surface area contributed by atoms with Crippen LogP contribution in [0.4, 0.5) is 0 Å². The normalized spacial score (nSPS) is 22.2. The molecule has 0 spiro atoms. The van der Waals surface area contributed by atoms with Crippen molar-refractivity contribution < 1.29 is 4.74 Å². The Kier molecular flexibility index (Phi) is 3.53. The Morgan fingerprint density at radius 2 is 2.00 bits per heavy atom. The molecule has 2 N–H and O–H groups in total. The van der Waals surface area contributed by atoms with Gasteiger partial charge in [-0.05, 0) is 57.9 Å². The maximum atomic E-state index is 6.27. The Labute approximate surface area is 122 Å². The summed E-state index contributed by atoms with van der Waals surface area (Å²) in [5.74, 6) is 1.89. The minimum atomic E-state index is 0.172. The van der Waals surface area contributed by atoms with E-state index in [4.69, 9.17) is 10.5 Å². The van der Waals surface area contributed by atoms with Gasteiger partial charge in [-0.15, -0.1) is 0 Å². The summed E-state index contributed by atoms with van der Waals surface area (Å²) in [4.78, 5) is 0. The third-order valence-corrected chi connectivity index (χ3v) is 5.30. The van der Waals surface area contributed by atoms with Crippen molar-refractivity contribution in [3.05, 3.63) is 28.8 Å². The Balaban J connectivity index is 1.90. The van der Waals surface area contributed by atoms with Crippen LogP contribution in [0.2, 0.25) is 0 Å². The predicted molar refractivity (Wildman–Crippen MR) is 83.3 cm³/mol. The SMILES string of the molecule is Cc1cc(C)c(OCC2CCC2)c(C2(C(C)N)CC2)c1. The molecule has 1 aromatic rings. The summed E-state index contributed by atoms with van der Waals surface area (Å²) in [5.41, 5.74) is 10.4. The average molecular weight is 273 g/mol. The third-order valence-electron chi connectivity index (χ3n) is 5.30. The lowest BCUT2D eigenvalue weighted by atomic mass is 9.85. The van der Waals surface area contributed by atoms with Gasteiger partial charge in [0, 0.05) is 17.0 Å². The topological polar surface area (TPSA) is 35.2 Å². The second-order valence-corrected chi connectivity index (χ2v) is 7.01. The van der Waals surface area contributed by atoms with E-state index in [1.807, 2.05) is 0 Å². The van der Waals surface area contributed by atoms with Gasteiger partial charge in [0.25, 0.3) is 0 Å². The van der Waals surface area contributed by atoms with Crippen molar-refractivity contribution >= 4 is 0 Å². The lowest BCUT2D eigenvalue weighted by molar-refractivity contribution is 0.177. The molecule has 1 unspecified atom stereocenters. The first kappa shape index (κ1) is 13.9. The Hall–Kier alpha value is -1.02. The fourth-order valence-corrected chi connectivity index (χ4v) is 3.48. The van der Waals surface area contributed by atoms with Crippen molar-refractivity contribution in [3.8, 4) is 5.75 Å². The highest BCUT2D eigenvalue weighted by Crippen LogP contribution is 2.54. The Bertz CT molecular complexity index is 498. The summed E-state index contributed by atoms with van der Waals surface area (Å²) in [6, 6.07) is 4.74. The monoisotopic (exact) mass is 273 g/mol. The highest BCUT2D eigenvalue weighted by atomic mass is 16.5. The van der Waals surface area contributed by atoms with Crippen LogP contribution < -0.4 is 10.5 Å². The Morgan fingerprint density at radius 3 is 2.50 bits per heavy atom. The number of aryl methyl sites for hydroxylation is 2. The summed E-state index contributed by atoms with van der Waals surface area (Å²) in [6.07, 6.45) is 6.44. The highest BCUT2D eigenvalue weighted by molar-refractivity contribution is 5.51. The fraction of sp³-hybridized carbons (Fsp3) is 0.667. The summed E-state index contributed by atoms with van der Waals surface area (Å²) in [7, 11) is 0. The van der Waals surface area contributed by atoms with E-state index in [9.17, 15) is 0 Å². The van der Waals surface area contributed by atoms with Crippen LogP contribution in [0, 0.1) is 19.8 Å². The molecule has 2 fully saturated rings. The van der Waals surface area contributed by atoms with Gasteiger partial charge >= 0.3 is 0 Å². The first-order chi connectivity index (χ1) is 9.53. The zero-order valence-corrected chi connectivity index (χ0v) is 13.0. The molecule has 2 heteroatoms.